The zero-order valence-electron chi connectivity index (χ0n) is 19.0. The van der Waals surface area contributed by atoms with Gasteiger partial charge in [-0.2, -0.15) is 0 Å². The molecular weight excluding hydrogens is 420 g/mol. The first-order chi connectivity index (χ1) is 15.7. The van der Waals surface area contributed by atoms with Gasteiger partial charge in [0.1, 0.15) is 5.82 Å². The van der Waals surface area contributed by atoms with Crippen LogP contribution in [0.2, 0.25) is 0 Å². The second-order valence-corrected chi connectivity index (χ2v) is 8.50. The second-order valence-electron chi connectivity index (χ2n) is 8.50. The van der Waals surface area contributed by atoms with Crippen molar-refractivity contribution in [3.05, 3.63) is 106 Å². The van der Waals surface area contributed by atoms with E-state index in [2.05, 4.69) is 0 Å². The highest BCUT2D eigenvalue weighted by Crippen LogP contribution is 2.28. The van der Waals surface area contributed by atoms with Gasteiger partial charge in [-0.25, -0.2) is 13.8 Å². The van der Waals surface area contributed by atoms with Crippen LogP contribution in [-0.2, 0) is 0 Å². The predicted octanol–water partition coefficient (Wildman–Crippen LogP) is 5.82. The first kappa shape index (κ1) is 22.6. The first-order valence-corrected chi connectivity index (χ1v) is 11.0. The summed E-state index contributed by atoms with van der Waals surface area (Å²) >= 11 is 0. The largest absolute Gasteiger partial charge is 0.374 e. The van der Waals surface area contributed by atoms with Crippen LogP contribution >= 0.6 is 0 Å². The molecule has 3 aromatic carbocycles. The Labute approximate surface area is 192 Å². The minimum absolute atomic E-state index is 0.161. The Morgan fingerprint density at radius 2 is 1.55 bits per heavy atom. The molecule has 4 aromatic rings. The van der Waals surface area contributed by atoms with E-state index < -0.39 is 5.92 Å². The molecule has 4 rings (SSSR count). The number of nitrogens with zero attached hydrogens (tertiary/aromatic N) is 3. The molecule has 33 heavy (non-hydrogen) atoms. The van der Waals surface area contributed by atoms with Gasteiger partial charge in [0.2, 0.25) is 5.92 Å². The van der Waals surface area contributed by atoms with Gasteiger partial charge in [-0.1, -0.05) is 60.7 Å². The minimum atomic E-state index is -2.74. The minimum Gasteiger partial charge on any atom is -0.374 e. The summed E-state index contributed by atoms with van der Waals surface area (Å²) in [7, 11) is 1.75. The summed E-state index contributed by atoms with van der Waals surface area (Å²) in [4.78, 5) is 20.3. The zero-order chi connectivity index (χ0) is 23.6. The van der Waals surface area contributed by atoms with E-state index in [0.29, 0.717) is 22.4 Å². The Morgan fingerprint density at radius 1 is 0.970 bits per heavy atom. The summed E-state index contributed by atoms with van der Waals surface area (Å²) in [6, 6.07) is 24.7. The SMILES string of the molecule is Cc1nc2ccc(N(C)CCC(C)(F)F)cc2c(=O)n1C(c1ccccc1)c1ccccc1. The van der Waals surface area contributed by atoms with Crippen LogP contribution in [0.1, 0.15) is 36.3 Å². The standard InChI is InChI=1S/C27H27F2N3O/c1-19-30-24-15-14-22(31(3)17-16-27(2,28)29)18-23(24)26(33)32(19)25(20-10-6-4-7-11-20)21-12-8-5-9-13-21/h4-15,18,25H,16-17H2,1-3H3. The third-order valence-electron chi connectivity index (χ3n) is 5.88. The van der Waals surface area contributed by atoms with Crippen molar-refractivity contribution in [3.8, 4) is 0 Å². The molecule has 0 bridgehead atoms. The maximum atomic E-state index is 13.8. The Balaban J connectivity index is 1.85. The number of hydrogen-bond acceptors (Lipinski definition) is 3. The fourth-order valence-corrected chi connectivity index (χ4v) is 4.09. The van der Waals surface area contributed by atoms with Crippen molar-refractivity contribution in [1.29, 1.82) is 0 Å². The Bertz CT molecular complexity index is 1260. The van der Waals surface area contributed by atoms with Gasteiger partial charge in [0, 0.05) is 25.7 Å². The van der Waals surface area contributed by atoms with Crippen LogP contribution in [0.3, 0.4) is 0 Å². The van der Waals surface area contributed by atoms with Crippen LogP contribution < -0.4 is 10.5 Å². The van der Waals surface area contributed by atoms with Gasteiger partial charge in [0.25, 0.3) is 5.56 Å². The van der Waals surface area contributed by atoms with Gasteiger partial charge in [0.15, 0.2) is 0 Å². The summed E-state index contributed by atoms with van der Waals surface area (Å²) in [5, 5.41) is 0.463. The summed E-state index contributed by atoms with van der Waals surface area (Å²) < 4.78 is 28.4. The zero-order valence-corrected chi connectivity index (χ0v) is 19.0. The fraction of sp³-hybridized carbons (Fsp3) is 0.259. The molecule has 0 radical (unpaired) electrons. The van der Waals surface area contributed by atoms with Crippen LogP contribution in [0.15, 0.2) is 83.7 Å². The van der Waals surface area contributed by atoms with Crippen LogP contribution in [0.25, 0.3) is 10.9 Å². The van der Waals surface area contributed by atoms with E-state index in [9.17, 15) is 13.6 Å². The van der Waals surface area contributed by atoms with Gasteiger partial charge in [-0.05, 0) is 43.2 Å². The molecule has 0 spiro atoms. The molecule has 6 heteroatoms. The molecule has 0 saturated heterocycles. The van der Waals surface area contributed by atoms with Crippen molar-refractivity contribution in [2.24, 2.45) is 0 Å². The molecule has 0 unspecified atom stereocenters. The predicted molar refractivity (Wildman–Crippen MR) is 129 cm³/mol. The van der Waals surface area contributed by atoms with Crippen molar-refractivity contribution in [1.82, 2.24) is 9.55 Å². The average Bonchev–Trinajstić information content (AvgIpc) is 2.80. The van der Waals surface area contributed by atoms with Gasteiger partial charge in [0.05, 0.1) is 16.9 Å². The topological polar surface area (TPSA) is 38.1 Å². The summed E-state index contributed by atoms with van der Waals surface area (Å²) in [5.41, 5.74) is 3.09. The lowest BCUT2D eigenvalue weighted by atomic mass is 9.98. The average molecular weight is 448 g/mol. The van der Waals surface area contributed by atoms with Gasteiger partial charge >= 0.3 is 0 Å². The van der Waals surface area contributed by atoms with Crippen LogP contribution in [0.5, 0.6) is 0 Å². The van der Waals surface area contributed by atoms with Gasteiger partial charge < -0.3 is 4.90 Å². The number of benzene rings is 3. The lowest BCUT2D eigenvalue weighted by molar-refractivity contribution is 0.0153. The highest BCUT2D eigenvalue weighted by molar-refractivity contribution is 5.82. The summed E-state index contributed by atoms with van der Waals surface area (Å²) in [6.45, 7) is 2.93. The second kappa shape index (κ2) is 9.14. The molecular formula is C27H27F2N3O. The van der Waals surface area contributed by atoms with E-state index in [-0.39, 0.29) is 24.6 Å². The number of aromatic nitrogens is 2. The smallest absolute Gasteiger partial charge is 0.262 e. The fourth-order valence-electron chi connectivity index (χ4n) is 4.09. The van der Waals surface area contributed by atoms with Crippen LogP contribution in [0, 0.1) is 6.92 Å². The van der Waals surface area contributed by atoms with Gasteiger partial charge in [-0.3, -0.25) is 9.36 Å². The van der Waals surface area contributed by atoms with E-state index in [1.165, 1.54) is 0 Å². The number of alkyl halides is 2. The number of anilines is 1. The number of hydrogen-bond donors (Lipinski definition) is 0. The number of fused-ring (bicyclic) bond motifs is 1. The van der Waals surface area contributed by atoms with Gasteiger partial charge in [-0.15, -0.1) is 0 Å². The highest BCUT2D eigenvalue weighted by Gasteiger charge is 2.23. The third kappa shape index (κ3) is 4.95. The first-order valence-electron chi connectivity index (χ1n) is 11.0. The Hall–Kier alpha value is -3.54. The van der Waals surface area contributed by atoms with Crippen molar-refractivity contribution in [3.63, 3.8) is 0 Å². The maximum Gasteiger partial charge on any atom is 0.262 e. The van der Waals surface area contributed by atoms with Crippen molar-refractivity contribution in [2.45, 2.75) is 32.2 Å². The molecule has 0 saturated carbocycles. The molecule has 0 N–H and O–H groups in total. The third-order valence-corrected chi connectivity index (χ3v) is 5.88. The number of aryl methyl sites for hydroxylation is 1. The van der Waals surface area contributed by atoms with E-state index in [1.54, 1.807) is 28.6 Å². The summed E-state index contributed by atoms with van der Waals surface area (Å²) in [6.07, 6.45) is -0.262. The molecule has 0 atom stereocenters. The Morgan fingerprint density at radius 3 is 2.09 bits per heavy atom. The van der Waals surface area contributed by atoms with E-state index in [0.717, 1.165) is 18.1 Å². The van der Waals surface area contributed by atoms with E-state index in [4.69, 9.17) is 4.98 Å². The molecule has 0 amide bonds. The quantitative estimate of drug-likeness (QED) is 0.358. The van der Waals surface area contributed by atoms with Crippen molar-refractivity contribution >= 4 is 16.6 Å². The van der Waals surface area contributed by atoms with Crippen molar-refractivity contribution < 1.29 is 8.78 Å². The highest BCUT2D eigenvalue weighted by atomic mass is 19.3. The molecule has 4 nitrogen and oxygen atoms in total. The number of halogens is 2. The lowest BCUT2D eigenvalue weighted by Crippen LogP contribution is -2.30. The summed E-state index contributed by atoms with van der Waals surface area (Å²) in [5.74, 6) is -2.13. The van der Waals surface area contributed by atoms with Crippen molar-refractivity contribution in [2.75, 3.05) is 18.5 Å². The molecule has 0 fully saturated rings. The lowest BCUT2D eigenvalue weighted by Gasteiger charge is -2.24. The maximum absolute atomic E-state index is 13.8. The molecule has 1 heterocycles. The van der Waals surface area contributed by atoms with E-state index >= 15 is 0 Å². The number of rotatable bonds is 7. The van der Waals surface area contributed by atoms with E-state index in [1.807, 2.05) is 73.7 Å². The van der Waals surface area contributed by atoms with Crippen LogP contribution in [-0.4, -0.2) is 29.1 Å². The monoisotopic (exact) mass is 447 g/mol. The Kier molecular flexibility index (Phi) is 6.27. The molecule has 170 valence electrons. The molecule has 0 aliphatic rings. The molecule has 0 aliphatic carbocycles. The molecule has 1 aromatic heterocycles. The molecule has 0 aliphatic heterocycles. The van der Waals surface area contributed by atoms with Crippen LogP contribution in [0.4, 0.5) is 14.5 Å². The normalized spacial score (nSPS) is 11.8.